The molecule has 0 amide bonds. The molecule has 0 saturated heterocycles. The van der Waals surface area contributed by atoms with E-state index in [9.17, 15) is 4.79 Å². The van der Waals surface area contributed by atoms with Crippen LogP contribution in [0.4, 0.5) is 0 Å². The predicted molar refractivity (Wildman–Crippen MR) is 77.1 cm³/mol. The summed E-state index contributed by atoms with van der Waals surface area (Å²) in [5.74, 6) is 0.250. The minimum Gasteiger partial charge on any atom is -0.300 e. The second kappa shape index (κ2) is 7.32. The fourth-order valence-electron chi connectivity index (χ4n) is 2.12. The maximum absolute atomic E-state index is 12.1. The van der Waals surface area contributed by atoms with Crippen molar-refractivity contribution < 1.29 is 4.79 Å². The zero-order valence-corrected chi connectivity index (χ0v) is 12.1. The lowest BCUT2D eigenvalue weighted by molar-refractivity contribution is 0.0955. The Balaban J connectivity index is 2.54. The normalized spacial score (nSPS) is 11.2. The summed E-state index contributed by atoms with van der Waals surface area (Å²) in [6.07, 6.45) is 1.75. The number of hydrogen-bond donors (Lipinski definition) is 0. The van der Waals surface area contributed by atoms with E-state index in [1.54, 1.807) is 0 Å². The molecule has 0 aliphatic carbocycles. The van der Waals surface area contributed by atoms with Crippen molar-refractivity contribution in [2.75, 3.05) is 13.1 Å². The van der Waals surface area contributed by atoms with E-state index in [4.69, 9.17) is 0 Å². The van der Waals surface area contributed by atoms with Crippen LogP contribution in [0.25, 0.3) is 0 Å². The maximum atomic E-state index is 12.1. The second-order valence-corrected chi connectivity index (χ2v) is 5.17. The molecule has 0 spiro atoms. The second-order valence-electron chi connectivity index (χ2n) is 5.17. The van der Waals surface area contributed by atoms with Gasteiger partial charge in [0.05, 0.1) is 0 Å². The highest BCUT2D eigenvalue weighted by Crippen LogP contribution is 2.09. The highest BCUT2D eigenvalue weighted by Gasteiger charge is 2.12. The molecule has 100 valence electrons. The summed E-state index contributed by atoms with van der Waals surface area (Å²) < 4.78 is 0. The quantitative estimate of drug-likeness (QED) is 0.685. The van der Waals surface area contributed by atoms with E-state index >= 15 is 0 Å². The number of nitrogens with zero attached hydrogens (tertiary/aromatic N) is 1. The lowest BCUT2D eigenvalue weighted by Crippen LogP contribution is -2.33. The van der Waals surface area contributed by atoms with Crippen LogP contribution in [0.2, 0.25) is 0 Å². The van der Waals surface area contributed by atoms with Crippen molar-refractivity contribution in [3.8, 4) is 0 Å². The summed E-state index contributed by atoms with van der Waals surface area (Å²) in [5.41, 5.74) is 1.99. The minimum atomic E-state index is 0.250. The van der Waals surface area contributed by atoms with Gasteiger partial charge in [-0.3, -0.25) is 4.79 Å². The van der Waals surface area contributed by atoms with Gasteiger partial charge in [0.15, 0.2) is 5.78 Å². The van der Waals surface area contributed by atoms with Crippen molar-refractivity contribution in [2.45, 2.75) is 46.6 Å². The Labute approximate surface area is 111 Å². The maximum Gasteiger partial charge on any atom is 0.164 e. The Morgan fingerprint density at radius 2 is 2.00 bits per heavy atom. The molecule has 1 aromatic rings. The zero-order valence-electron chi connectivity index (χ0n) is 12.1. The van der Waals surface area contributed by atoms with Gasteiger partial charge in [0.25, 0.3) is 0 Å². The van der Waals surface area contributed by atoms with Crippen molar-refractivity contribution in [3.63, 3.8) is 0 Å². The Bertz CT molecular complexity index is 384. The first-order chi connectivity index (χ1) is 8.54. The monoisotopic (exact) mass is 247 g/mol. The van der Waals surface area contributed by atoms with Crippen LogP contribution in [0.15, 0.2) is 24.3 Å². The third-order valence-electron chi connectivity index (χ3n) is 3.21. The van der Waals surface area contributed by atoms with Gasteiger partial charge < -0.3 is 4.90 Å². The van der Waals surface area contributed by atoms with Crippen LogP contribution in [0.1, 0.15) is 49.5 Å². The van der Waals surface area contributed by atoms with Gasteiger partial charge in [-0.2, -0.15) is 0 Å². The van der Waals surface area contributed by atoms with Crippen LogP contribution in [0, 0.1) is 6.92 Å². The summed E-state index contributed by atoms with van der Waals surface area (Å²) in [6.45, 7) is 10.5. The molecule has 0 radical (unpaired) electrons. The average molecular weight is 247 g/mol. The number of Topliss-reactive ketones (excluding diaryl/α,β-unsaturated/α-hetero) is 1. The number of aryl methyl sites for hydroxylation is 1. The van der Waals surface area contributed by atoms with E-state index < -0.39 is 0 Å². The molecular weight excluding hydrogens is 222 g/mol. The fourth-order valence-corrected chi connectivity index (χ4v) is 2.12. The topological polar surface area (TPSA) is 20.3 Å². The molecule has 0 aromatic heterocycles. The molecule has 2 nitrogen and oxygen atoms in total. The molecule has 0 N–H and O–H groups in total. The molecule has 0 aliphatic heterocycles. The first kappa shape index (κ1) is 14.9. The van der Waals surface area contributed by atoms with Gasteiger partial charge in [0, 0.05) is 24.6 Å². The van der Waals surface area contributed by atoms with Crippen LogP contribution in [0.5, 0.6) is 0 Å². The van der Waals surface area contributed by atoms with Crippen LogP contribution in [-0.4, -0.2) is 29.8 Å². The molecule has 0 heterocycles. The average Bonchev–Trinajstić information content (AvgIpc) is 2.33. The molecular formula is C16H25NO. The van der Waals surface area contributed by atoms with Gasteiger partial charge in [-0.25, -0.2) is 0 Å². The van der Waals surface area contributed by atoms with Crippen LogP contribution in [0.3, 0.4) is 0 Å². The summed E-state index contributed by atoms with van der Waals surface area (Å²) in [7, 11) is 0. The van der Waals surface area contributed by atoms with Crippen LogP contribution >= 0.6 is 0 Å². The van der Waals surface area contributed by atoms with Crippen molar-refractivity contribution in [1.82, 2.24) is 4.90 Å². The third kappa shape index (κ3) is 4.61. The smallest absolute Gasteiger partial charge is 0.164 e. The molecule has 0 fully saturated rings. The zero-order chi connectivity index (χ0) is 13.5. The Morgan fingerprint density at radius 3 is 2.56 bits per heavy atom. The van der Waals surface area contributed by atoms with Crippen LogP contribution in [-0.2, 0) is 0 Å². The molecule has 1 aromatic carbocycles. The van der Waals surface area contributed by atoms with Crippen molar-refractivity contribution in [2.24, 2.45) is 0 Å². The summed E-state index contributed by atoms with van der Waals surface area (Å²) in [6, 6.07) is 8.37. The van der Waals surface area contributed by atoms with E-state index in [0.29, 0.717) is 12.5 Å². The number of carbonyl (C=O) groups is 1. The Kier molecular flexibility index (Phi) is 6.06. The fraction of sp³-hybridized carbons (Fsp3) is 0.562. The standard InChI is InChI=1S/C16H25NO/c1-5-10-17(13(2)3)11-9-16(18)15-8-6-7-14(4)12-15/h6-8,12-13H,5,9-11H2,1-4H3. The van der Waals surface area contributed by atoms with E-state index in [1.165, 1.54) is 0 Å². The Morgan fingerprint density at radius 1 is 1.28 bits per heavy atom. The highest BCUT2D eigenvalue weighted by molar-refractivity contribution is 5.96. The predicted octanol–water partition coefficient (Wildman–Crippen LogP) is 3.69. The van der Waals surface area contributed by atoms with E-state index in [-0.39, 0.29) is 5.78 Å². The number of benzene rings is 1. The number of rotatable bonds is 7. The molecule has 0 unspecified atom stereocenters. The molecule has 0 bridgehead atoms. The van der Waals surface area contributed by atoms with Crippen LogP contribution < -0.4 is 0 Å². The van der Waals surface area contributed by atoms with Gasteiger partial charge in [0.1, 0.15) is 0 Å². The van der Waals surface area contributed by atoms with E-state index in [1.807, 2.05) is 31.2 Å². The summed E-state index contributed by atoms with van der Waals surface area (Å²) in [5, 5.41) is 0. The lowest BCUT2D eigenvalue weighted by atomic mass is 10.1. The lowest BCUT2D eigenvalue weighted by Gasteiger charge is -2.25. The molecule has 2 heteroatoms. The minimum absolute atomic E-state index is 0.250. The highest BCUT2D eigenvalue weighted by atomic mass is 16.1. The number of carbonyl (C=O) groups excluding carboxylic acids is 1. The van der Waals surface area contributed by atoms with E-state index in [0.717, 1.165) is 30.6 Å². The van der Waals surface area contributed by atoms with Gasteiger partial charge in [-0.1, -0.05) is 30.7 Å². The molecule has 0 aliphatic rings. The summed E-state index contributed by atoms with van der Waals surface area (Å²) in [4.78, 5) is 14.5. The van der Waals surface area contributed by atoms with Gasteiger partial charge in [0.2, 0.25) is 0 Å². The summed E-state index contributed by atoms with van der Waals surface area (Å²) >= 11 is 0. The third-order valence-corrected chi connectivity index (χ3v) is 3.21. The molecule has 1 rings (SSSR count). The molecule has 0 atom stereocenters. The first-order valence-electron chi connectivity index (χ1n) is 6.88. The molecule has 18 heavy (non-hydrogen) atoms. The molecule has 0 saturated carbocycles. The van der Waals surface area contributed by atoms with Crippen molar-refractivity contribution in [1.29, 1.82) is 0 Å². The first-order valence-corrected chi connectivity index (χ1v) is 6.88. The van der Waals surface area contributed by atoms with Gasteiger partial charge >= 0.3 is 0 Å². The largest absolute Gasteiger partial charge is 0.300 e. The number of hydrogen-bond acceptors (Lipinski definition) is 2. The van der Waals surface area contributed by atoms with Crippen molar-refractivity contribution in [3.05, 3.63) is 35.4 Å². The SMILES string of the molecule is CCCN(CCC(=O)c1cccc(C)c1)C(C)C. The van der Waals surface area contributed by atoms with Gasteiger partial charge in [-0.05, 0) is 39.8 Å². The van der Waals surface area contributed by atoms with Crippen molar-refractivity contribution >= 4 is 5.78 Å². The van der Waals surface area contributed by atoms with E-state index in [2.05, 4.69) is 25.7 Å². The Hall–Kier alpha value is -1.15. The number of ketones is 1. The van der Waals surface area contributed by atoms with Gasteiger partial charge in [-0.15, -0.1) is 0 Å².